The summed E-state index contributed by atoms with van der Waals surface area (Å²) in [4.78, 5) is 32.8. The first-order valence-electron chi connectivity index (χ1n) is 11.9. The molecule has 4 rings (SSSR count). The lowest BCUT2D eigenvalue weighted by Gasteiger charge is -2.41. The molecule has 0 aromatic heterocycles. The van der Waals surface area contributed by atoms with Gasteiger partial charge in [-0.1, -0.05) is 36.4 Å². The highest BCUT2D eigenvalue weighted by Gasteiger charge is 2.37. The minimum absolute atomic E-state index is 0.118. The fraction of sp³-hybridized carbons (Fsp3) is 0.407. The summed E-state index contributed by atoms with van der Waals surface area (Å²) in [5.74, 6) is 0.791. The normalized spacial score (nSPS) is 21.1. The van der Waals surface area contributed by atoms with Crippen molar-refractivity contribution in [2.75, 3.05) is 58.2 Å². The molecule has 7 heteroatoms. The summed E-state index contributed by atoms with van der Waals surface area (Å²) >= 11 is 0. The third-order valence-electron chi connectivity index (χ3n) is 6.77. The number of amides is 3. The van der Waals surface area contributed by atoms with E-state index in [1.54, 1.807) is 12.0 Å². The van der Waals surface area contributed by atoms with E-state index in [2.05, 4.69) is 28.9 Å². The molecule has 2 unspecified atom stereocenters. The highest BCUT2D eigenvalue weighted by Crippen LogP contribution is 2.32. The predicted molar refractivity (Wildman–Crippen MR) is 134 cm³/mol. The van der Waals surface area contributed by atoms with E-state index in [0.29, 0.717) is 18.8 Å². The van der Waals surface area contributed by atoms with Crippen LogP contribution in [0, 0.1) is 5.92 Å². The van der Waals surface area contributed by atoms with Gasteiger partial charge in [0.25, 0.3) is 0 Å². The molecule has 2 aliphatic rings. The van der Waals surface area contributed by atoms with Crippen molar-refractivity contribution >= 4 is 17.6 Å². The molecule has 0 bridgehead atoms. The number of ether oxygens (including phenoxy) is 1. The molecule has 0 aliphatic carbocycles. The Morgan fingerprint density at radius 1 is 1.00 bits per heavy atom. The molecule has 3 amide bonds. The molecule has 180 valence electrons. The minimum Gasteiger partial charge on any atom is -0.497 e. The number of hydrogen-bond donors (Lipinski definition) is 1. The number of piperidine rings is 1. The molecule has 2 saturated heterocycles. The monoisotopic (exact) mass is 462 g/mol. The standard InChI is InChI=1S/C27H34N4O3/c1-3-13-29-14-16-30(17-15-29)26(32)23-18-22(21-7-5-4-6-8-21)19-31(20-23)27(33)28-24-9-11-25(34-2)12-10-24/h3-12,22-23H,1,13-20H2,2H3,(H,28,33). The van der Waals surface area contributed by atoms with Gasteiger partial charge in [-0.15, -0.1) is 6.58 Å². The van der Waals surface area contributed by atoms with Crippen molar-refractivity contribution in [1.82, 2.24) is 14.7 Å². The summed E-state index contributed by atoms with van der Waals surface area (Å²) in [5, 5.41) is 2.98. The highest BCUT2D eigenvalue weighted by molar-refractivity contribution is 5.90. The van der Waals surface area contributed by atoms with Crippen molar-refractivity contribution in [3.8, 4) is 5.75 Å². The summed E-state index contributed by atoms with van der Waals surface area (Å²) in [6, 6.07) is 17.3. The van der Waals surface area contributed by atoms with Crippen LogP contribution in [-0.4, -0.2) is 79.6 Å². The summed E-state index contributed by atoms with van der Waals surface area (Å²) in [6.07, 6.45) is 2.66. The van der Waals surface area contributed by atoms with Crippen LogP contribution in [0.3, 0.4) is 0 Å². The lowest BCUT2D eigenvalue weighted by atomic mass is 9.84. The Labute approximate surface area is 202 Å². The number of piperazine rings is 1. The van der Waals surface area contributed by atoms with E-state index < -0.39 is 0 Å². The van der Waals surface area contributed by atoms with Crippen LogP contribution in [0.1, 0.15) is 17.9 Å². The topological polar surface area (TPSA) is 65.1 Å². The van der Waals surface area contributed by atoms with Gasteiger partial charge >= 0.3 is 6.03 Å². The number of hydrogen-bond acceptors (Lipinski definition) is 4. The van der Waals surface area contributed by atoms with Crippen LogP contribution in [-0.2, 0) is 4.79 Å². The van der Waals surface area contributed by atoms with Crippen molar-refractivity contribution < 1.29 is 14.3 Å². The average Bonchev–Trinajstić information content (AvgIpc) is 2.89. The van der Waals surface area contributed by atoms with Crippen molar-refractivity contribution in [3.63, 3.8) is 0 Å². The second-order valence-corrected chi connectivity index (χ2v) is 9.02. The molecule has 34 heavy (non-hydrogen) atoms. The van der Waals surface area contributed by atoms with E-state index in [1.165, 1.54) is 0 Å². The van der Waals surface area contributed by atoms with Gasteiger partial charge in [0.2, 0.25) is 5.91 Å². The lowest BCUT2D eigenvalue weighted by molar-refractivity contribution is -0.138. The molecule has 7 nitrogen and oxygen atoms in total. The molecular formula is C27H34N4O3. The maximum Gasteiger partial charge on any atom is 0.321 e. The van der Waals surface area contributed by atoms with Crippen LogP contribution >= 0.6 is 0 Å². The van der Waals surface area contributed by atoms with Gasteiger partial charge in [-0.25, -0.2) is 4.79 Å². The molecule has 2 fully saturated rings. The van der Waals surface area contributed by atoms with E-state index in [4.69, 9.17) is 4.74 Å². The molecular weight excluding hydrogens is 428 g/mol. The number of nitrogens with zero attached hydrogens (tertiary/aromatic N) is 3. The van der Waals surface area contributed by atoms with Gasteiger partial charge in [0.1, 0.15) is 5.75 Å². The van der Waals surface area contributed by atoms with Crippen molar-refractivity contribution in [1.29, 1.82) is 0 Å². The third kappa shape index (κ3) is 5.78. The maximum absolute atomic E-state index is 13.5. The maximum atomic E-state index is 13.5. The molecule has 0 radical (unpaired) electrons. The largest absolute Gasteiger partial charge is 0.497 e. The van der Waals surface area contributed by atoms with Crippen LogP contribution in [0.2, 0.25) is 0 Å². The SMILES string of the molecule is C=CCN1CCN(C(=O)C2CC(c3ccccc3)CN(C(=O)Nc3ccc(OC)cc3)C2)CC1. The molecule has 2 aromatic rings. The summed E-state index contributed by atoms with van der Waals surface area (Å²) in [6.45, 7) is 8.82. The van der Waals surface area contributed by atoms with Crippen molar-refractivity contribution in [2.24, 2.45) is 5.92 Å². The number of anilines is 1. The Balaban J connectivity index is 1.47. The smallest absolute Gasteiger partial charge is 0.321 e. The Hall–Kier alpha value is -3.32. The van der Waals surface area contributed by atoms with Gasteiger partial charge in [0, 0.05) is 57.4 Å². The number of benzene rings is 2. The van der Waals surface area contributed by atoms with E-state index >= 15 is 0 Å². The first kappa shape index (κ1) is 23.8. The van der Waals surface area contributed by atoms with Crippen LogP contribution in [0.25, 0.3) is 0 Å². The van der Waals surface area contributed by atoms with Crippen LogP contribution in [0.5, 0.6) is 5.75 Å². The van der Waals surface area contributed by atoms with Gasteiger partial charge in [0.15, 0.2) is 0 Å². The number of nitrogens with one attached hydrogen (secondary N) is 1. The zero-order chi connectivity index (χ0) is 23.9. The highest BCUT2D eigenvalue weighted by atomic mass is 16.5. The first-order valence-corrected chi connectivity index (χ1v) is 11.9. The average molecular weight is 463 g/mol. The minimum atomic E-state index is -0.216. The number of urea groups is 1. The van der Waals surface area contributed by atoms with Gasteiger partial charge in [0.05, 0.1) is 13.0 Å². The Kier molecular flexibility index (Phi) is 7.85. The number of likely N-dealkylation sites (tertiary alicyclic amines) is 1. The molecule has 1 N–H and O–H groups in total. The molecule has 2 aliphatic heterocycles. The third-order valence-corrected chi connectivity index (χ3v) is 6.77. The quantitative estimate of drug-likeness (QED) is 0.666. The Morgan fingerprint density at radius 2 is 1.71 bits per heavy atom. The van der Waals surface area contributed by atoms with Gasteiger partial charge in [-0.05, 0) is 36.2 Å². The van der Waals surface area contributed by atoms with Gasteiger partial charge in [-0.3, -0.25) is 9.69 Å². The van der Waals surface area contributed by atoms with Crippen molar-refractivity contribution in [2.45, 2.75) is 12.3 Å². The fourth-order valence-corrected chi connectivity index (χ4v) is 4.88. The van der Waals surface area contributed by atoms with Gasteiger partial charge < -0.3 is 19.9 Å². The fourth-order valence-electron chi connectivity index (χ4n) is 4.88. The molecule has 2 heterocycles. The van der Waals surface area contributed by atoms with Crippen LogP contribution in [0.4, 0.5) is 10.5 Å². The van der Waals surface area contributed by atoms with E-state index in [0.717, 1.165) is 50.5 Å². The van der Waals surface area contributed by atoms with E-state index in [-0.39, 0.29) is 23.8 Å². The van der Waals surface area contributed by atoms with E-state index in [9.17, 15) is 9.59 Å². The molecule has 2 atom stereocenters. The zero-order valence-corrected chi connectivity index (χ0v) is 19.9. The number of carbonyl (C=O) groups is 2. The number of methoxy groups -OCH3 is 1. The predicted octanol–water partition coefficient (Wildman–Crippen LogP) is 3.66. The Morgan fingerprint density at radius 3 is 2.35 bits per heavy atom. The zero-order valence-electron chi connectivity index (χ0n) is 19.9. The Bertz CT molecular complexity index is 971. The molecule has 0 spiro atoms. The van der Waals surface area contributed by atoms with Gasteiger partial charge in [-0.2, -0.15) is 0 Å². The molecule has 2 aromatic carbocycles. The first-order chi connectivity index (χ1) is 16.6. The lowest BCUT2D eigenvalue weighted by Crippen LogP contribution is -2.54. The second kappa shape index (κ2) is 11.2. The summed E-state index contributed by atoms with van der Waals surface area (Å²) < 4.78 is 5.20. The molecule has 0 saturated carbocycles. The van der Waals surface area contributed by atoms with Crippen molar-refractivity contribution in [3.05, 3.63) is 72.8 Å². The van der Waals surface area contributed by atoms with Crippen LogP contribution < -0.4 is 10.1 Å². The summed E-state index contributed by atoms with van der Waals surface area (Å²) in [5.41, 5.74) is 1.87. The number of carbonyl (C=O) groups excluding carboxylic acids is 2. The second-order valence-electron chi connectivity index (χ2n) is 9.02. The van der Waals surface area contributed by atoms with E-state index in [1.807, 2.05) is 53.4 Å². The van der Waals surface area contributed by atoms with Crippen LogP contribution in [0.15, 0.2) is 67.3 Å². The summed E-state index contributed by atoms with van der Waals surface area (Å²) in [7, 11) is 1.61. The number of rotatable bonds is 6.